The molecule has 0 fully saturated rings. The summed E-state index contributed by atoms with van der Waals surface area (Å²) in [6.45, 7) is 2.10. The van der Waals surface area contributed by atoms with Crippen molar-refractivity contribution in [2.24, 2.45) is 5.92 Å². The first-order valence-corrected chi connectivity index (χ1v) is 10.3. The van der Waals surface area contributed by atoms with Crippen molar-refractivity contribution in [3.8, 4) is 11.6 Å². The number of anilines is 1. The Labute approximate surface area is 171 Å². The minimum Gasteiger partial charge on any atom is -0.495 e. The van der Waals surface area contributed by atoms with E-state index < -0.39 is 0 Å². The Balaban J connectivity index is 1.52. The van der Waals surface area contributed by atoms with Crippen LogP contribution in [0.1, 0.15) is 23.8 Å². The van der Waals surface area contributed by atoms with Gasteiger partial charge in [-0.1, -0.05) is 18.5 Å². The normalized spacial score (nSPS) is 15.9. The zero-order chi connectivity index (χ0) is 19.7. The van der Waals surface area contributed by atoms with Crippen molar-refractivity contribution in [3.05, 3.63) is 40.0 Å². The fourth-order valence-corrected chi connectivity index (χ4v) is 4.97. The van der Waals surface area contributed by atoms with Crippen LogP contribution in [0.2, 0.25) is 5.02 Å². The molecule has 0 saturated heterocycles. The van der Waals surface area contributed by atoms with Crippen LogP contribution in [0.3, 0.4) is 0 Å². The van der Waals surface area contributed by atoms with Crippen molar-refractivity contribution < 1.29 is 14.3 Å². The van der Waals surface area contributed by atoms with E-state index in [2.05, 4.69) is 22.2 Å². The zero-order valence-electron chi connectivity index (χ0n) is 15.6. The molecule has 3 aromatic rings. The molecular weight excluding hydrogens is 398 g/mol. The number of halogens is 1. The first-order valence-electron chi connectivity index (χ1n) is 9.06. The highest BCUT2D eigenvalue weighted by Gasteiger charge is 2.24. The minimum absolute atomic E-state index is 0.164. The van der Waals surface area contributed by atoms with E-state index in [1.807, 2.05) is 0 Å². The number of aryl methyl sites for hydroxylation is 1. The SMILES string of the molecule is COc1ccc(Cl)cc1NC(=O)COc1ncnc2sc3c(c12)CC[C@@H](C)C3. The highest BCUT2D eigenvalue weighted by Crippen LogP contribution is 2.40. The summed E-state index contributed by atoms with van der Waals surface area (Å²) in [5.74, 6) is 1.36. The van der Waals surface area contributed by atoms with Gasteiger partial charge in [-0.15, -0.1) is 11.3 Å². The van der Waals surface area contributed by atoms with Gasteiger partial charge >= 0.3 is 0 Å². The Morgan fingerprint density at radius 1 is 1.39 bits per heavy atom. The van der Waals surface area contributed by atoms with Crippen molar-refractivity contribution >= 4 is 44.7 Å². The number of nitrogens with zero attached hydrogens (tertiary/aromatic N) is 2. The van der Waals surface area contributed by atoms with Crippen LogP contribution in [0, 0.1) is 5.92 Å². The van der Waals surface area contributed by atoms with E-state index in [1.165, 1.54) is 23.9 Å². The lowest BCUT2D eigenvalue weighted by Crippen LogP contribution is -2.21. The molecule has 0 radical (unpaired) electrons. The predicted molar refractivity (Wildman–Crippen MR) is 111 cm³/mol. The van der Waals surface area contributed by atoms with E-state index in [0.29, 0.717) is 28.3 Å². The molecule has 1 amide bonds. The Kier molecular flexibility index (Phi) is 5.37. The second-order valence-corrected chi connectivity index (χ2v) is 8.41. The molecule has 1 aliphatic carbocycles. The number of thiophene rings is 1. The fourth-order valence-electron chi connectivity index (χ4n) is 3.45. The number of aromatic nitrogens is 2. The monoisotopic (exact) mass is 417 g/mol. The minimum atomic E-state index is -0.315. The third kappa shape index (κ3) is 3.77. The Morgan fingerprint density at radius 2 is 2.25 bits per heavy atom. The van der Waals surface area contributed by atoms with Gasteiger partial charge in [-0.2, -0.15) is 0 Å². The molecule has 0 bridgehead atoms. The number of carbonyl (C=O) groups excluding carboxylic acids is 1. The van der Waals surface area contributed by atoms with Gasteiger partial charge in [0.1, 0.15) is 16.9 Å². The number of benzene rings is 1. The van der Waals surface area contributed by atoms with Gasteiger partial charge in [0.25, 0.3) is 5.91 Å². The average Bonchev–Trinajstić information content (AvgIpc) is 3.04. The third-order valence-electron chi connectivity index (χ3n) is 4.83. The summed E-state index contributed by atoms with van der Waals surface area (Å²) < 4.78 is 11.0. The van der Waals surface area contributed by atoms with Gasteiger partial charge in [0.2, 0.25) is 5.88 Å². The lowest BCUT2D eigenvalue weighted by molar-refractivity contribution is -0.118. The van der Waals surface area contributed by atoms with E-state index in [4.69, 9.17) is 21.1 Å². The van der Waals surface area contributed by atoms with Crippen molar-refractivity contribution in [1.29, 1.82) is 0 Å². The maximum Gasteiger partial charge on any atom is 0.262 e. The van der Waals surface area contributed by atoms with Crippen LogP contribution in [0.25, 0.3) is 10.2 Å². The maximum atomic E-state index is 12.4. The zero-order valence-corrected chi connectivity index (χ0v) is 17.2. The third-order valence-corrected chi connectivity index (χ3v) is 6.23. The van der Waals surface area contributed by atoms with Gasteiger partial charge in [0.15, 0.2) is 6.61 Å². The standard InChI is InChI=1S/C20H20ClN3O3S/c1-11-3-5-13-16(7-11)28-20-18(13)19(22-10-23-20)27-9-17(25)24-14-8-12(21)4-6-15(14)26-2/h4,6,8,10-11H,3,5,7,9H2,1-2H3,(H,24,25)/t11-/m1/s1. The van der Waals surface area contributed by atoms with Crippen molar-refractivity contribution in [3.63, 3.8) is 0 Å². The molecule has 0 aliphatic heterocycles. The fraction of sp³-hybridized carbons (Fsp3) is 0.350. The molecule has 0 spiro atoms. The largest absolute Gasteiger partial charge is 0.495 e. The van der Waals surface area contributed by atoms with E-state index in [-0.39, 0.29) is 12.5 Å². The average molecular weight is 418 g/mol. The summed E-state index contributed by atoms with van der Waals surface area (Å²) in [5, 5.41) is 4.22. The van der Waals surface area contributed by atoms with Gasteiger partial charge < -0.3 is 14.8 Å². The smallest absolute Gasteiger partial charge is 0.262 e. The summed E-state index contributed by atoms with van der Waals surface area (Å²) >= 11 is 7.71. The van der Waals surface area contributed by atoms with Crippen LogP contribution in [0.5, 0.6) is 11.6 Å². The summed E-state index contributed by atoms with van der Waals surface area (Å²) in [5.41, 5.74) is 1.77. The van der Waals surface area contributed by atoms with Crippen LogP contribution in [0.4, 0.5) is 5.69 Å². The molecule has 6 nitrogen and oxygen atoms in total. The summed E-state index contributed by atoms with van der Waals surface area (Å²) in [7, 11) is 1.54. The number of hydrogen-bond acceptors (Lipinski definition) is 6. The van der Waals surface area contributed by atoms with Crippen LogP contribution in [-0.2, 0) is 17.6 Å². The number of amides is 1. The molecule has 146 valence electrons. The van der Waals surface area contributed by atoms with E-state index in [9.17, 15) is 4.79 Å². The number of carbonyl (C=O) groups is 1. The maximum absolute atomic E-state index is 12.4. The molecule has 8 heteroatoms. The Hall–Kier alpha value is -2.38. The number of rotatable bonds is 5. The molecule has 2 heterocycles. The molecular formula is C20H20ClN3O3S. The number of methoxy groups -OCH3 is 1. The second-order valence-electron chi connectivity index (χ2n) is 6.89. The highest BCUT2D eigenvalue weighted by molar-refractivity contribution is 7.18. The number of nitrogens with one attached hydrogen (secondary N) is 1. The lowest BCUT2D eigenvalue weighted by atomic mass is 9.89. The van der Waals surface area contributed by atoms with Crippen LogP contribution in [-0.4, -0.2) is 29.6 Å². The van der Waals surface area contributed by atoms with E-state index >= 15 is 0 Å². The molecule has 28 heavy (non-hydrogen) atoms. The summed E-state index contributed by atoms with van der Waals surface area (Å²) in [6.07, 6.45) is 4.68. The highest BCUT2D eigenvalue weighted by atomic mass is 35.5. The number of ether oxygens (including phenoxy) is 2. The molecule has 1 atom stereocenters. The molecule has 1 N–H and O–H groups in total. The number of fused-ring (bicyclic) bond motifs is 3. The van der Waals surface area contributed by atoms with E-state index in [0.717, 1.165) is 29.5 Å². The first-order chi connectivity index (χ1) is 13.5. The first kappa shape index (κ1) is 19.0. The number of hydrogen-bond donors (Lipinski definition) is 1. The van der Waals surface area contributed by atoms with E-state index in [1.54, 1.807) is 29.5 Å². The van der Waals surface area contributed by atoms with Gasteiger partial charge in [-0.3, -0.25) is 4.79 Å². The van der Waals surface area contributed by atoms with Gasteiger partial charge in [0.05, 0.1) is 18.2 Å². The molecule has 0 unspecified atom stereocenters. The quantitative estimate of drug-likeness (QED) is 0.661. The summed E-state index contributed by atoms with van der Waals surface area (Å²) in [4.78, 5) is 23.3. The molecule has 1 aliphatic rings. The second kappa shape index (κ2) is 7.93. The molecule has 4 rings (SSSR count). The summed E-state index contributed by atoms with van der Waals surface area (Å²) in [6, 6.07) is 5.04. The van der Waals surface area contributed by atoms with Crippen molar-refractivity contribution in [1.82, 2.24) is 9.97 Å². The van der Waals surface area contributed by atoms with Crippen LogP contribution in [0.15, 0.2) is 24.5 Å². The van der Waals surface area contributed by atoms with Gasteiger partial charge in [-0.05, 0) is 48.9 Å². The van der Waals surface area contributed by atoms with Crippen LogP contribution < -0.4 is 14.8 Å². The van der Waals surface area contributed by atoms with Crippen LogP contribution >= 0.6 is 22.9 Å². The predicted octanol–water partition coefficient (Wildman–Crippen LogP) is 4.50. The van der Waals surface area contributed by atoms with Crippen molar-refractivity contribution in [2.75, 3.05) is 19.0 Å². The van der Waals surface area contributed by atoms with Crippen molar-refractivity contribution in [2.45, 2.75) is 26.2 Å². The van der Waals surface area contributed by atoms with Gasteiger partial charge in [0, 0.05) is 9.90 Å². The lowest BCUT2D eigenvalue weighted by Gasteiger charge is -2.18. The molecule has 1 aromatic carbocycles. The Morgan fingerprint density at radius 3 is 3.07 bits per heavy atom. The Bertz CT molecular complexity index is 1040. The molecule has 2 aromatic heterocycles. The van der Waals surface area contributed by atoms with Gasteiger partial charge in [-0.25, -0.2) is 9.97 Å². The topological polar surface area (TPSA) is 73.3 Å². The molecule has 0 saturated carbocycles.